The second-order valence-electron chi connectivity index (χ2n) is 5.68. The average molecular weight is 290 g/mol. The number of nitrogens with one attached hydrogen (secondary N) is 1. The van der Waals surface area contributed by atoms with Crippen LogP contribution in [0, 0.1) is 0 Å². The molecule has 0 radical (unpaired) electrons. The largest absolute Gasteiger partial charge is 0.497 e. The second-order valence-corrected chi connectivity index (χ2v) is 5.68. The van der Waals surface area contributed by atoms with Crippen LogP contribution in [-0.4, -0.2) is 37.6 Å². The Morgan fingerprint density at radius 3 is 2.33 bits per heavy atom. The van der Waals surface area contributed by atoms with E-state index in [4.69, 9.17) is 4.74 Å². The predicted molar refractivity (Wildman–Crippen MR) is 84.5 cm³/mol. The van der Waals surface area contributed by atoms with Crippen molar-refractivity contribution in [3.8, 4) is 5.75 Å². The Morgan fingerprint density at radius 2 is 1.81 bits per heavy atom. The van der Waals surface area contributed by atoms with Gasteiger partial charge in [-0.2, -0.15) is 0 Å². The summed E-state index contributed by atoms with van der Waals surface area (Å²) in [7, 11) is 1.68. The van der Waals surface area contributed by atoms with Crippen LogP contribution in [0.4, 0.5) is 0 Å². The molecule has 1 aromatic carbocycles. The van der Waals surface area contributed by atoms with Crippen molar-refractivity contribution >= 4 is 5.91 Å². The number of carbonyl (C=O) groups excluding carboxylic acids is 1. The van der Waals surface area contributed by atoms with Crippen LogP contribution in [0.15, 0.2) is 24.3 Å². The summed E-state index contributed by atoms with van der Waals surface area (Å²) < 4.78 is 5.23. The SMILES string of the molecule is COc1ccc(C(CNC(C)=O)N2CCCCCC2)cc1. The fourth-order valence-corrected chi connectivity index (χ4v) is 2.93. The summed E-state index contributed by atoms with van der Waals surface area (Å²) in [5.74, 6) is 0.899. The molecule has 1 saturated heterocycles. The average Bonchev–Trinajstić information content (AvgIpc) is 2.77. The van der Waals surface area contributed by atoms with Crippen LogP contribution in [0.1, 0.15) is 44.2 Å². The Hall–Kier alpha value is -1.55. The Morgan fingerprint density at radius 1 is 1.19 bits per heavy atom. The number of rotatable bonds is 5. The van der Waals surface area contributed by atoms with Gasteiger partial charge < -0.3 is 10.1 Å². The van der Waals surface area contributed by atoms with Crippen LogP contribution < -0.4 is 10.1 Å². The summed E-state index contributed by atoms with van der Waals surface area (Å²) in [5.41, 5.74) is 1.24. The first kappa shape index (κ1) is 15.8. The molecule has 1 aromatic rings. The highest BCUT2D eigenvalue weighted by atomic mass is 16.5. The van der Waals surface area contributed by atoms with Gasteiger partial charge in [-0.15, -0.1) is 0 Å². The zero-order valence-corrected chi connectivity index (χ0v) is 13.1. The third-order valence-electron chi connectivity index (χ3n) is 4.13. The molecule has 0 saturated carbocycles. The maximum Gasteiger partial charge on any atom is 0.216 e. The zero-order valence-electron chi connectivity index (χ0n) is 13.1. The number of hydrogen-bond acceptors (Lipinski definition) is 3. The zero-order chi connectivity index (χ0) is 15.1. The number of methoxy groups -OCH3 is 1. The molecule has 1 atom stereocenters. The third-order valence-corrected chi connectivity index (χ3v) is 4.13. The van der Waals surface area contributed by atoms with E-state index in [9.17, 15) is 4.79 Å². The van der Waals surface area contributed by atoms with Crippen molar-refractivity contribution in [3.05, 3.63) is 29.8 Å². The molecular formula is C17H26N2O2. The van der Waals surface area contributed by atoms with E-state index < -0.39 is 0 Å². The third kappa shape index (κ3) is 4.74. The summed E-state index contributed by atoms with van der Waals surface area (Å²) in [6.07, 6.45) is 5.11. The minimum Gasteiger partial charge on any atom is -0.497 e. The summed E-state index contributed by atoms with van der Waals surface area (Å²) in [6, 6.07) is 8.45. The van der Waals surface area contributed by atoms with Gasteiger partial charge in [0.25, 0.3) is 0 Å². The molecule has 1 fully saturated rings. The first-order valence-electron chi connectivity index (χ1n) is 7.83. The van der Waals surface area contributed by atoms with Crippen molar-refractivity contribution in [1.82, 2.24) is 10.2 Å². The number of amides is 1. The van der Waals surface area contributed by atoms with Crippen molar-refractivity contribution in [2.75, 3.05) is 26.7 Å². The van der Waals surface area contributed by atoms with E-state index in [-0.39, 0.29) is 11.9 Å². The lowest BCUT2D eigenvalue weighted by atomic mass is 10.0. The first-order chi connectivity index (χ1) is 10.2. The van der Waals surface area contributed by atoms with E-state index >= 15 is 0 Å². The van der Waals surface area contributed by atoms with Gasteiger partial charge in [-0.05, 0) is 43.6 Å². The van der Waals surface area contributed by atoms with Crippen molar-refractivity contribution in [2.24, 2.45) is 0 Å². The molecule has 1 unspecified atom stereocenters. The molecule has 1 aliphatic rings. The molecule has 1 heterocycles. The highest BCUT2D eigenvalue weighted by Gasteiger charge is 2.21. The van der Waals surface area contributed by atoms with Crippen molar-refractivity contribution in [1.29, 1.82) is 0 Å². The van der Waals surface area contributed by atoms with Gasteiger partial charge >= 0.3 is 0 Å². The van der Waals surface area contributed by atoms with Crippen LogP contribution in [0.3, 0.4) is 0 Å². The van der Waals surface area contributed by atoms with Gasteiger partial charge in [0, 0.05) is 13.5 Å². The lowest BCUT2D eigenvalue weighted by Crippen LogP contribution is -2.38. The Balaban J connectivity index is 2.14. The molecule has 1 amide bonds. The van der Waals surface area contributed by atoms with Gasteiger partial charge in [0.1, 0.15) is 5.75 Å². The lowest BCUT2D eigenvalue weighted by Gasteiger charge is -2.31. The number of likely N-dealkylation sites (tertiary alicyclic amines) is 1. The van der Waals surface area contributed by atoms with Gasteiger partial charge in [-0.1, -0.05) is 25.0 Å². The summed E-state index contributed by atoms with van der Waals surface area (Å²) >= 11 is 0. The molecule has 21 heavy (non-hydrogen) atoms. The normalized spacial score (nSPS) is 17.8. The minimum atomic E-state index is 0.0309. The Labute approximate surface area is 127 Å². The predicted octanol–water partition coefficient (Wildman–Crippen LogP) is 2.75. The number of benzene rings is 1. The van der Waals surface area contributed by atoms with Gasteiger partial charge in [-0.3, -0.25) is 9.69 Å². The molecule has 0 spiro atoms. The number of carbonyl (C=O) groups is 1. The maximum atomic E-state index is 11.3. The monoisotopic (exact) mass is 290 g/mol. The van der Waals surface area contributed by atoms with E-state index in [0.29, 0.717) is 6.54 Å². The van der Waals surface area contributed by atoms with Crippen molar-refractivity contribution < 1.29 is 9.53 Å². The smallest absolute Gasteiger partial charge is 0.216 e. The molecule has 1 aliphatic heterocycles. The number of hydrogen-bond donors (Lipinski definition) is 1. The topological polar surface area (TPSA) is 41.6 Å². The molecule has 4 nitrogen and oxygen atoms in total. The highest BCUT2D eigenvalue weighted by Crippen LogP contribution is 2.25. The second kappa shape index (κ2) is 8.03. The highest BCUT2D eigenvalue weighted by molar-refractivity contribution is 5.72. The molecule has 1 N–H and O–H groups in total. The van der Waals surface area contributed by atoms with Crippen LogP contribution in [-0.2, 0) is 4.79 Å². The fourth-order valence-electron chi connectivity index (χ4n) is 2.93. The van der Waals surface area contributed by atoms with E-state index in [1.807, 2.05) is 12.1 Å². The van der Waals surface area contributed by atoms with Crippen LogP contribution in [0.2, 0.25) is 0 Å². The van der Waals surface area contributed by atoms with E-state index in [2.05, 4.69) is 22.3 Å². The van der Waals surface area contributed by atoms with Crippen LogP contribution in [0.25, 0.3) is 0 Å². The van der Waals surface area contributed by atoms with Gasteiger partial charge in [-0.25, -0.2) is 0 Å². The Kier molecular flexibility index (Phi) is 6.05. The molecule has 4 heteroatoms. The number of ether oxygens (including phenoxy) is 1. The Bertz CT molecular complexity index is 437. The first-order valence-corrected chi connectivity index (χ1v) is 7.83. The van der Waals surface area contributed by atoms with Crippen LogP contribution >= 0.6 is 0 Å². The molecule has 0 bridgehead atoms. The summed E-state index contributed by atoms with van der Waals surface area (Å²) in [5, 5.41) is 2.98. The van der Waals surface area contributed by atoms with Gasteiger partial charge in [0.2, 0.25) is 5.91 Å². The van der Waals surface area contributed by atoms with Gasteiger partial charge in [0.15, 0.2) is 0 Å². The quantitative estimate of drug-likeness (QED) is 0.906. The molecule has 2 rings (SSSR count). The number of nitrogens with zero attached hydrogens (tertiary/aromatic N) is 1. The molecular weight excluding hydrogens is 264 g/mol. The fraction of sp³-hybridized carbons (Fsp3) is 0.588. The van der Waals surface area contributed by atoms with Crippen molar-refractivity contribution in [3.63, 3.8) is 0 Å². The van der Waals surface area contributed by atoms with E-state index in [1.54, 1.807) is 14.0 Å². The van der Waals surface area contributed by atoms with Crippen molar-refractivity contribution in [2.45, 2.75) is 38.6 Å². The van der Waals surface area contributed by atoms with Crippen LogP contribution in [0.5, 0.6) is 5.75 Å². The molecule has 0 aromatic heterocycles. The maximum absolute atomic E-state index is 11.3. The summed E-state index contributed by atoms with van der Waals surface area (Å²) in [4.78, 5) is 13.8. The molecule has 0 aliphatic carbocycles. The standard InChI is InChI=1S/C17H26N2O2/c1-14(20)18-13-17(19-11-5-3-4-6-12-19)15-7-9-16(21-2)10-8-15/h7-10,17H,3-6,11-13H2,1-2H3,(H,18,20). The summed E-state index contributed by atoms with van der Waals surface area (Å²) in [6.45, 7) is 4.46. The minimum absolute atomic E-state index is 0.0309. The van der Waals surface area contributed by atoms with Gasteiger partial charge in [0.05, 0.1) is 13.2 Å². The lowest BCUT2D eigenvalue weighted by molar-refractivity contribution is -0.119. The van der Waals surface area contributed by atoms with E-state index in [1.165, 1.54) is 31.2 Å². The van der Waals surface area contributed by atoms with E-state index in [0.717, 1.165) is 18.8 Å². The molecule has 116 valence electrons.